The van der Waals surface area contributed by atoms with Gasteiger partial charge in [0.05, 0.1) is 6.54 Å². The van der Waals surface area contributed by atoms with E-state index in [0.717, 1.165) is 36.4 Å². The number of para-hydroxylation sites is 1. The van der Waals surface area contributed by atoms with Crippen LogP contribution in [0.15, 0.2) is 30.3 Å². The molecule has 2 aliphatic carbocycles. The van der Waals surface area contributed by atoms with Crippen molar-refractivity contribution in [1.29, 1.82) is 0 Å². The fraction of sp³-hybridized carbons (Fsp3) is 0.742. The number of benzene rings is 1. The fourth-order valence-electron chi connectivity index (χ4n) is 8.56. The molecule has 4 aliphatic rings. The lowest BCUT2D eigenvalue weighted by molar-refractivity contribution is -0.143. The molecule has 37 heavy (non-hydrogen) atoms. The van der Waals surface area contributed by atoms with Gasteiger partial charge in [-0.3, -0.25) is 19.4 Å². The molecule has 2 saturated carbocycles. The molecule has 0 aromatic heterocycles. The summed E-state index contributed by atoms with van der Waals surface area (Å²) >= 11 is 0. The molecule has 1 aromatic carbocycles. The van der Waals surface area contributed by atoms with Gasteiger partial charge < -0.3 is 10.0 Å². The van der Waals surface area contributed by atoms with E-state index in [1.54, 1.807) is 0 Å². The Morgan fingerprint density at radius 1 is 0.892 bits per heavy atom. The molecular formula is C31H47N3O3. The summed E-state index contributed by atoms with van der Waals surface area (Å²) in [6.45, 7) is 4.54. The summed E-state index contributed by atoms with van der Waals surface area (Å²) in [5.74, 6) is 1.05. The van der Waals surface area contributed by atoms with Crippen LogP contribution in [0.1, 0.15) is 90.9 Å². The number of carboxylic acids is 1. The predicted molar refractivity (Wildman–Crippen MR) is 148 cm³/mol. The largest absolute Gasteiger partial charge is 0.480 e. The molecule has 5 unspecified atom stereocenters. The SMILES string of the molecule is CCC(C(=O)O)N(CC)CC(=O)N(c1ccccc1)C1CC2CCCC(C1)N2C1CC2CCCC(C2)C1. The maximum absolute atomic E-state index is 14.0. The van der Waals surface area contributed by atoms with Gasteiger partial charge in [0.2, 0.25) is 5.91 Å². The highest BCUT2D eigenvalue weighted by atomic mass is 16.4. The van der Waals surface area contributed by atoms with Gasteiger partial charge >= 0.3 is 5.97 Å². The van der Waals surface area contributed by atoms with Crippen molar-refractivity contribution in [2.75, 3.05) is 18.0 Å². The summed E-state index contributed by atoms with van der Waals surface area (Å²) in [5, 5.41) is 9.74. The van der Waals surface area contributed by atoms with Crippen LogP contribution in [0.25, 0.3) is 0 Å². The molecule has 1 N–H and O–H groups in total. The van der Waals surface area contributed by atoms with E-state index < -0.39 is 12.0 Å². The fourth-order valence-corrected chi connectivity index (χ4v) is 8.56. The van der Waals surface area contributed by atoms with E-state index in [4.69, 9.17) is 0 Å². The molecule has 2 aliphatic heterocycles. The first-order valence-electron chi connectivity index (χ1n) is 15.1. The molecule has 204 valence electrons. The number of hydrogen-bond acceptors (Lipinski definition) is 4. The third kappa shape index (κ3) is 5.75. The van der Waals surface area contributed by atoms with Crippen molar-refractivity contribution in [3.8, 4) is 0 Å². The Hall–Kier alpha value is -1.92. The summed E-state index contributed by atoms with van der Waals surface area (Å²) in [6.07, 6.45) is 14.9. The van der Waals surface area contributed by atoms with E-state index in [0.29, 0.717) is 25.0 Å². The van der Waals surface area contributed by atoms with Gasteiger partial charge in [0.25, 0.3) is 0 Å². The van der Waals surface area contributed by atoms with Crippen LogP contribution < -0.4 is 4.90 Å². The molecule has 6 heteroatoms. The first kappa shape index (κ1) is 26.7. The quantitative estimate of drug-likeness (QED) is 0.472. The molecule has 2 heterocycles. The number of likely N-dealkylation sites (N-methyl/N-ethyl adjacent to an activating group) is 1. The number of carboxylic acid groups (broad SMARTS) is 1. The molecule has 0 radical (unpaired) electrons. The van der Waals surface area contributed by atoms with Gasteiger partial charge in [-0.1, -0.05) is 57.7 Å². The minimum absolute atomic E-state index is 0.0384. The van der Waals surface area contributed by atoms with E-state index in [-0.39, 0.29) is 18.5 Å². The topological polar surface area (TPSA) is 64.1 Å². The van der Waals surface area contributed by atoms with Crippen LogP contribution in [0.2, 0.25) is 0 Å². The Balaban J connectivity index is 1.36. The van der Waals surface area contributed by atoms with Gasteiger partial charge in [-0.2, -0.15) is 0 Å². The zero-order valence-electron chi connectivity index (χ0n) is 22.9. The molecule has 5 rings (SSSR count). The molecule has 1 aromatic rings. The zero-order valence-corrected chi connectivity index (χ0v) is 22.9. The van der Waals surface area contributed by atoms with Crippen molar-refractivity contribution in [1.82, 2.24) is 9.80 Å². The highest BCUT2D eigenvalue weighted by Gasteiger charge is 2.46. The first-order chi connectivity index (χ1) is 18.0. The Morgan fingerprint density at radius 2 is 1.51 bits per heavy atom. The van der Waals surface area contributed by atoms with E-state index in [1.165, 1.54) is 57.8 Å². The number of anilines is 1. The second kappa shape index (κ2) is 11.9. The second-order valence-corrected chi connectivity index (χ2v) is 12.3. The number of carbonyl (C=O) groups excluding carboxylic acids is 1. The van der Waals surface area contributed by atoms with E-state index in [9.17, 15) is 14.7 Å². The summed E-state index contributed by atoms with van der Waals surface area (Å²) in [7, 11) is 0. The number of amides is 1. The van der Waals surface area contributed by atoms with E-state index in [1.807, 2.05) is 49.1 Å². The van der Waals surface area contributed by atoms with E-state index in [2.05, 4.69) is 9.80 Å². The lowest BCUT2D eigenvalue weighted by Gasteiger charge is -2.56. The van der Waals surface area contributed by atoms with Crippen molar-refractivity contribution >= 4 is 17.6 Å². The summed E-state index contributed by atoms with van der Waals surface area (Å²) in [5.41, 5.74) is 0.954. The van der Waals surface area contributed by atoms with Crippen LogP contribution in [0.4, 0.5) is 5.69 Å². The number of carbonyl (C=O) groups is 2. The minimum Gasteiger partial charge on any atom is -0.480 e. The number of fused-ring (bicyclic) bond motifs is 4. The number of hydrogen-bond donors (Lipinski definition) is 1. The average Bonchev–Trinajstić information content (AvgIpc) is 2.88. The molecule has 1 amide bonds. The summed E-state index contributed by atoms with van der Waals surface area (Å²) in [4.78, 5) is 32.7. The average molecular weight is 510 g/mol. The highest BCUT2D eigenvalue weighted by molar-refractivity contribution is 5.95. The highest BCUT2D eigenvalue weighted by Crippen LogP contribution is 2.46. The van der Waals surface area contributed by atoms with Crippen LogP contribution in [-0.2, 0) is 9.59 Å². The monoisotopic (exact) mass is 509 g/mol. The van der Waals surface area contributed by atoms with E-state index >= 15 is 0 Å². The summed E-state index contributed by atoms with van der Waals surface area (Å²) < 4.78 is 0. The first-order valence-corrected chi connectivity index (χ1v) is 15.1. The molecule has 4 fully saturated rings. The van der Waals surface area contributed by atoms with Gasteiger partial charge in [0.1, 0.15) is 6.04 Å². The minimum atomic E-state index is -0.844. The predicted octanol–water partition coefficient (Wildman–Crippen LogP) is 5.56. The second-order valence-electron chi connectivity index (χ2n) is 12.3. The number of rotatable bonds is 9. The van der Waals surface area contributed by atoms with Crippen LogP contribution in [0.5, 0.6) is 0 Å². The number of aliphatic carboxylic acids is 1. The maximum Gasteiger partial charge on any atom is 0.320 e. The van der Waals surface area contributed by atoms with Crippen LogP contribution in [0, 0.1) is 11.8 Å². The molecule has 2 saturated heterocycles. The Labute approximate surface area is 223 Å². The Kier molecular flexibility index (Phi) is 8.55. The van der Waals surface area contributed by atoms with Crippen LogP contribution in [0.3, 0.4) is 0 Å². The number of nitrogens with zero attached hydrogens (tertiary/aromatic N) is 3. The van der Waals surface area contributed by atoms with Crippen molar-refractivity contribution in [2.24, 2.45) is 11.8 Å². The molecular weight excluding hydrogens is 462 g/mol. The molecule has 0 spiro atoms. The van der Waals surface area contributed by atoms with Crippen molar-refractivity contribution in [3.05, 3.63) is 30.3 Å². The third-order valence-electron chi connectivity index (χ3n) is 10.1. The number of piperidine rings is 2. The van der Waals surface area contributed by atoms with Crippen molar-refractivity contribution in [3.63, 3.8) is 0 Å². The lowest BCUT2D eigenvalue weighted by Crippen LogP contribution is -2.62. The molecule has 4 bridgehead atoms. The Morgan fingerprint density at radius 3 is 2.08 bits per heavy atom. The van der Waals surface area contributed by atoms with Gasteiger partial charge in [0, 0.05) is 29.9 Å². The molecule has 5 atom stereocenters. The Bertz CT molecular complexity index is 898. The van der Waals surface area contributed by atoms with Gasteiger partial charge in [-0.05, 0) is 81.9 Å². The summed E-state index contributed by atoms with van der Waals surface area (Å²) in [6, 6.07) is 11.5. The molecule has 6 nitrogen and oxygen atoms in total. The van der Waals surface area contributed by atoms with Crippen molar-refractivity contribution < 1.29 is 14.7 Å². The van der Waals surface area contributed by atoms with Gasteiger partial charge in [0.15, 0.2) is 0 Å². The van der Waals surface area contributed by atoms with Gasteiger partial charge in [-0.15, -0.1) is 0 Å². The van der Waals surface area contributed by atoms with Gasteiger partial charge in [-0.25, -0.2) is 0 Å². The van der Waals surface area contributed by atoms with Crippen molar-refractivity contribution in [2.45, 2.75) is 121 Å². The maximum atomic E-state index is 14.0. The smallest absolute Gasteiger partial charge is 0.320 e. The lowest BCUT2D eigenvalue weighted by atomic mass is 9.68. The van der Waals surface area contributed by atoms with Crippen LogP contribution in [-0.4, -0.2) is 70.1 Å². The standard InChI is InChI=1S/C31H47N3O3/c1-3-29(31(36)37)32(4-2)21-30(35)34(24-12-6-5-7-13-24)28-19-25-14-9-15-26(20-28)33(25)27-17-22-10-8-11-23(16-22)18-27/h5-7,12-13,22-23,25-29H,3-4,8-11,14-21H2,1-2H3,(H,36,37). The van der Waals surface area contributed by atoms with Crippen LogP contribution >= 0.6 is 0 Å². The zero-order chi connectivity index (χ0) is 25.9. The third-order valence-corrected chi connectivity index (χ3v) is 10.1. The normalized spacial score (nSPS) is 32.6.